The zero-order valence-electron chi connectivity index (χ0n) is 10.2. The van der Waals surface area contributed by atoms with Crippen LogP contribution in [-0.4, -0.2) is 12.1 Å². The summed E-state index contributed by atoms with van der Waals surface area (Å²) in [4.78, 5) is 11.5. The molecule has 0 saturated heterocycles. The number of esters is 1. The van der Waals surface area contributed by atoms with Gasteiger partial charge in [-0.05, 0) is 44.9 Å². The largest absolute Gasteiger partial charge is 0.462 e. The van der Waals surface area contributed by atoms with Crippen LogP contribution < -0.4 is 0 Å². The van der Waals surface area contributed by atoms with E-state index in [1.54, 1.807) is 0 Å². The molecule has 1 aliphatic carbocycles. The van der Waals surface area contributed by atoms with Gasteiger partial charge in [-0.3, -0.25) is 4.79 Å². The number of hydrogen-bond acceptors (Lipinski definition) is 2. The summed E-state index contributed by atoms with van der Waals surface area (Å²) >= 11 is 0. The Bertz CT molecular complexity index is 255. The van der Waals surface area contributed by atoms with Crippen molar-refractivity contribution in [2.45, 2.75) is 51.6 Å². The average molecular weight is 222 g/mol. The second-order valence-electron chi connectivity index (χ2n) is 4.38. The molecular weight excluding hydrogens is 200 g/mol. The van der Waals surface area contributed by atoms with E-state index in [-0.39, 0.29) is 12.1 Å². The highest BCUT2D eigenvalue weighted by molar-refractivity contribution is 5.69. The molecule has 0 amide bonds. The Morgan fingerprint density at radius 3 is 2.94 bits per heavy atom. The van der Waals surface area contributed by atoms with Crippen molar-refractivity contribution in [1.29, 1.82) is 0 Å². The second kappa shape index (κ2) is 7.26. The summed E-state index contributed by atoms with van der Waals surface area (Å²) in [7, 11) is 0. The van der Waals surface area contributed by atoms with Crippen molar-refractivity contribution in [2.75, 3.05) is 0 Å². The van der Waals surface area contributed by atoms with Gasteiger partial charge >= 0.3 is 5.97 Å². The highest BCUT2D eigenvalue weighted by Gasteiger charge is 2.25. The topological polar surface area (TPSA) is 26.3 Å². The molecular formula is C14H22O2. The highest BCUT2D eigenvalue weighted by atomic mass is 16.5. The molecule has 0 aromatic rings. The van der Waals surface area contributed by atoms with Gasteiger partial charge in [-0.1, -0.05) is 18.2 Å². The average Bonchev–Trinajstić information content (AvgIpc) is 2.72. The molecule has 0 heterocycles. The fraction of sp³-hybridized carbons (Fsp3) is 0.643. The molecule has 0 aromatic carbocycles. The molecule has 0 radical (unpaired) electrons. The minimum Gasteiger partial charge on any atom is -0.462 e. The maximum absolute atomic E-state index is 11.5. The quantitative estimate of drug-likeness (QED) is 0.390. The Hall–Kier alpha value is -1.05. The van der Waals surface area contributed by atoms with E-state index >= 15 is 0 Å². The molecule has 0 unspecified atom stereocenters. The van der Waals surface area contributed by atoms with Crippen LogP contribution in [-0.2, 0) is 9.53 Å². The van der Waals surface area contributed by atoms with Crippen LogP contribution in [0.2, 0.25) is 0 Å². The summed E-state index contributed by atoms with van der Waals surface area (Å²) in [6.45, 7) is 5.77. The Kier molecular flexibility index (Phi) is 5.91. The van der Waals surface area contributed by atoms with E-state index < -0.39 is 0 Å². The smallest absolute Gasteiger partial charge is 0.306 e. The lowest BCUT2D eigenvalue weighted by atomic mass is 10.1. The van der Waals surface area contributed by atoms with Gasteiger partial charge in [0.05, 0.1) is 0 Å². The second-order valence-corrected chi connectivity index (χ2v) is 4.38. The first kappa shape index (κ1) is 13.0. The Labute approximate surface area is 98.4 Å². The van der Waals surface area contributed by atoms with E-state index in [9.17, 15) is 4.79 Å². The first-order chi connectivity index (χ1) is 7.76. The van der Waals surface area contributed by atoms with Crippen molar-refractivity contribution in [3.05, 3.63) is 24.8 Å². The van der Waals surface area contributed by atoms with Crippen molar-refractivity contribution in [1.82, 2.24) is 0 Å². The van der Waals surface area contributed by atoms with Crippen LogP contribution in [0.3, 0.4) is 0 Å². The van der Waals surface area contributed by atoms with Gasteiger partial charge in [0.1, 0.15) is 6.10 Å². The van der Waals surface area contributed by atoms with Gasteiger partial charge in [0, 0.05) is 6.42 Å². The summed E-state index contributed by atoms with van der Waals surface area (Å²) in [5.74, 6) is 0.500. The third-order valence-corrected chi connectivity index (χ3v) is 3.04. The molecule has 2 nitrogen and oxygen atoms in total. The van der Waals surface area contributed by atoms with Gasteiger partial charge < -0.3 is 4.74 Å². The predicted octanol–water partition coefficient (Wildman–Crippen LogP) is 3.63. The lowest BCUT2D eigenvalue weighted by molar-refractivity contribution is -0.148. The van der Waals surface area contributed by atoms with E-state index in [4.69, 9.17) is 4.74 Å². The molecule has 0 N–H and O–H groups in total. The monoisotopic (exact) mass is 222 g/mol. The van der Waals surface area contributed by atoms with Gasteiger partial charge in [0.2, 0.25) is 0 Å². The first-order valence-electron chi connectivity index (χ1n) is 6.19. The fourth-order valence-corrected chi connectivity index (χ4v) is 2.07. The van der Waals surface area contributed by atoms with E-state index in [1.165, 1.54) is 0 Å². The fourth-order valence-electron chi connectivity index (χ4n) is 2.07. The number of ether oxygens (including phenoxy) is 1. The molecule has 1 fully saturated rings. The Balaban J connectivity index is 2.12. The Morgan fingerprint density at radius 2 is 2.31 bits per heavy atom. The zero-order chi connectivity index (χ0) is 11.8. The van der Waals surface area contributed by atoms with Gasteiger partial charge in [-0.15, -0.1) is 6.58 Å². The molecule has 1 rings (SSSR count). The third kappa shape index (κ3) is 4.65. The maximum Gasteiger partial charge on any atom is 0.306 e. The van der Waals surface area contributed by atoms with E-state index in [2.05, 4.69) is 12.7 Å². The molecule has 16 heavy (non-hydrogen) atoms. The molecule has 0 aliphatic heterocycles. The van der Waals surface area contributed by atoms with Crippen molar-refractivity contribution in [3.63, 3.8) is 0 Å². The first-order valence-corrected chi connectivity index (χ1v) is 6.19. The van der Waals surface area contributed by atoms with Gasteiger partial charge in [0.25, 0.3) is 0 Å². The lowest BCUT2D eigenvalue weighted by Crippen LogP contribution is -2.14. The maximum atomic E-state index is 11.5. The molecule has 1 aliphatic rings. The van der Waals surface area contributed by atoms with Crippen LogP contribution in [0.4, 0.5) is 0 Å². The number of unbranched alkanes of at least 4 members (excludes halogenated alkanes) is 1. The summed E-state index contributed by atoms with van der Waals surface area (Å²) in [5.41, 5.74) is 0. The molecule has 1 saturated carbocycles. The molecule has 2 atom stereocenters. The van der Waals surface area contributed by atoms with Crippen LogP contribution in [0.5, 0.6) is 0 Å². The third-order valence-electron chi connectivity index (χ3n) is 3.04. The standard InChI is InChI=1S/C14H22O2/c1-3-5-6-7-8-14(15)16-13-10-9-12(4-2)11-13/h3-5,12-13H,2,6-11H2,1H3/b5-3-/t12-,13-/m0/s1. The number of allylic oxidation sites excluding steroid dienone is 3. The molecule has 90 valence electrons. The van der Waals surface area contributed by atoms with Crippen LogP contribution >= 0.6 is 0 Å². The molecule has 0 spiro atoms. The van der Waals surface area contributed by atoms with Crippen molar-refractivity contribution < 1.29 is 9.53 Å². The zero-order valence-corrected chi connectivity index (χ0v) is 10.2. The number of carbonyl (C=O) groups is 1. The van der Waals surface area contributed by atoms with Crippen molar-refractivity contribution in [3.8, 4) is 0 Å². The summed E-state index contributed by atoms with van der Waals surface area (Å²) in [5, 5.41) is 0. The van der Waals surface area contributed by atoms with E-state index in [0.717, 1.165) is 32.1 Å². The van der Waals surface area contributed by atoms with Crippen LogP contribution in [0.25, 0.3) is 0 Å². The number of carbonyl (C=O) groups excluding carboxylic acids is 1. The minimum absolute atomic E-state index is 0.0424. The highest BCUT2D eigenvalue weighted by Crippen LogP contribution is 2.28. The lowest BCUT2D eigenvalue weighted by Gasteiger charge is -2.11. The number of hydrogen-bond donors (Lipinski definition) is 0. The number of rotatable bonds is 6. The molecule has 0 aromatic heterocycles. The van der Waals surface area contributed by atoms with Gasteiger partial charge in [0.15, 0.2) is 0 Å². The van der Waals surface area contributed by atoms with Crippen LogP contribution in [0.1, 0.15) is 45.4 Å². The SMILES string of the molecule is C=C[C@H]1CC[C@H](OC(=O)CCC/C=C\C)C1. The van der Waals surface area contributed by atoms with Gasteiger partial charge in [-0.2, -0.15) is 0 Å². The van der Waals surface area contributed by atoms with Crippen LogP contribution in [0, 0.1) is 5.92 Å². The Morgan fingerprint density at radius 1 is 1.50 bits per heavy atom. The van der Waals surface area contributed by atoms with E-state index in [1.807, 2.05) is 19.1 Å². The summed E-state index contributed by atoms with van der Waals surface area (Å²) in [6.07, 6.45) is 11.7. The van der Waals surface area contributed by atoms with Crippen LogP contribution in [0.15, 0.2) is 24.8 Å². The van der Waals surface area contributed by atoms with Crippen molar-refractivity contribution >= 4 is 5.97 Å². The van der Waals surface area contributed by atoms with Gasteiger partial charge in [-0.25, -0.2) is 0 Å². The molecule has 2 heteroatoms. The normalized spacial score (nSPS) is 24.8. The summed E-state index contributed by atoms with van der Waals surface area (Å²) < 4.78 is 5.41. The predicted molar refractivity (Wildman–Crippen MR) is 66.1 cm³/mol. The van der Waals surface area contributed by atoms with E-state index in [0.29, 0.717) is 12.3 Å². The minimum atomic E-state index is -0.0424. The summed E-state index contributed by atoms with van der Waals surface area (Å²) in [6, 6.07) is 0. The van der Waals surface area contributed by atoms with Crippen molar-refractivity contribution in [2.24, 2.45) is 5.92 Å². The molecule has 0 bridgehead atoms.